The number of halogens is 3. The molecule has 0 bridgehead atoms. The smallest absolute Gasteiger partial charge is 0.402 e. The van der Waals surface area contributed by atoms with Crippen molar-refractivity contribution in [2.24, 2.45) is 0 Å². The van der Waals surface area contributed by atoms with Crippen LogP contribution >= 0.6 is 0 Å². The molecule has 5 nitrogen and oxygen atoms in total. The topological polar surface area (TPSA) is 63.8 Å². The van der Waals surface area contributed by atoms with Crippen LogP contribution < -0.4 is 5.32 Å². The van der Waals surface area contributed by atoms with E-state index in [1.165, 1.54) is 6.07 Å². The van der Waals surface area contributed by atoms with Crippen LogP contribution in [0.3, 0.4) is 0 Å². The molecule has 0 amide bonds. The van der Waals surface area contributed by atoms with Crippen molar-refractivity contribution in [2.45, 2.75) is 45.2 Å². The lowest BCUT2D eigenvalue weighted by molar-refractivity contribution is -0.136. The van der Waals surface area contributed by atoms with E-state index in [9.17, 15) is 13.2 Å². The van der Waals surface area contributed by atoms with E-state index in [0.29, 0.717) is 17.5 Å². The number of hydrogen-bond acceptors (Lipinski definition) is 5. The van der Waals surface area contributed by atoms with Crippen LogP contribution in [0.15, 0.2) is 22.6 Å². The summed E-state index contributed by atoms with van der Waals surface area (Å²) in [6.45, 7) is 4.43. The molecule has 2 heterocycles. The first-order valence-electron chi connectivity index (χ1n) is 8.97. The second-order valence-electron chi connectivity index (χ2n) is 6.90. The van der Waals surface area contributed by atoms with Crippen molar-refractivity contribution in [2.75, 3.05) is 11.9 Å². The van der Waals surface area contributed by atoms with Crippen molar-refractivity contribution in [1.82, 2.24) is 15.2 Å². The maximum atomic E-state index is 13.7. The van der Waals surface area contributed by atoms with Crippen LogP contribution in [-0.2, 0) is 6.18 Å². The lowest BCUT2D eigenvalue weighted by Gasteiger charge is -2.14. The Morgan fingerprint density at radius 1 is 1.19 bits per heavy atom. The molecule has 0 spiro atoms. The predicted octanol–water partition coefficient (Wildman–Crippen LogP) is 5.31. The minimum atomic E-state index is -4.48. The molecular formula is C19H19F3N4O. The molecule has 3 aromatic rings. The maximum absolute atomic E-state index is 13.7. The van der Waals surface area contributed by atoms with Crippen molar-refractivity contribution < 1.29 is 17.6 Å². The monoisotopic (exact) mass is 376 g/mol. The van der Waals surface area contributed by atoms with Gasteiger partial charge in [-0.25, -0.2) is 4.98 Å². The lowest BCUT2D eigenvalue weighted by atomic mass is 9.98. The number of alkyl halides is 3. The molecule has 0 radical (unpaired) electrons. The minimum Gasteiger partial charge on any atom is -0.402 e. The van der Waals surface area contributed by atoms with Gasteiger partial charge >= 0.3 is 12.2 Å². The molecule has 1 N–H and O–H groups in total. The Hall–Kier alpha value is -2.64. The molecule has 27 heavy (non-hydrogen) atoms. The molecule has 142 valence electrons. The molecule has 0 unspecified atom stereocenters. The van der Waals surface area contributed by atoms with Crippen molar-refractivity contribution in [3.63, 3.8) is 0 Å². The van der Waals surface area contributed by atoms with Gasteiger partial charge in [-0.3, -0.25) is 0 Å². The number of anilines is 1. The number of aryl methyl sites for hydroxylation is 1. The Labute approximate surface area is 154 Å². The molecule has 0 aliphatic heterocycles. The first kappa shape index (κ1) is 17.8. The zero-order valence-corrected chi connectivity index (χ0v) is 15.0. The molecule has 1 aromatic carbocycles. The third kappa shape index (κ3) is 3.48. The van der Waals surface area contributed by atoms with Crippen LogP contribution in [0.4, 0.5) is 19.2 Å². The van der Waals surface area contributed by atoms with Gasteiger partial charge in [0.05, 0.1) is 11.1 Å². The van der Waals surface area contributed by atoms with Gasteiger partial charge in [0.25, 0.3) is 5.89 Å². The van der Waals surface area contributed by atoms with Gasteiger partial charge in [0.1, 0.15) is 5.69 Å². The molecule has 1 aliphatic carbocycles. The summed E-state index contributed by atoms with van der Waals surface area (Å²) in [5.41, 5.74) is 0.876. The third-order valence-corrected chi connectivity index (χ3v) is 4.67. The number of nitrogens with one attached hydrogen (secondary N) is 1. The quantitative estimate of drug-likeness (QED) is 0.654. The summed E-state index contributed by atoms with van der Waals surface area (Å²) >= 11 is 0. The summed E-state index contributed by atoms with van der Waals surface area (Å²) in [7, 11) is 0. The van der Waals surface area contributed by atoms with Crippen molar-refractivity contribution in [3.8, 4) is 11.6 Å². The normalized spacial score (nSPS) is 14.7. The molecule has 1 fully saturated rings. The molecule has 4 rings (SSSR count). The fourth-order valence-corrected chi connectivity index (χ4v) is 3.12. The number of fused-ring (bicyclic) bond motifs is 1. The first-order chi connectivity index (χ1) is 12.9. The van der Waals surface area contributed by atoms with Gasteiger partial charge in [0.2, 0.25) is 0 Å². The van der Waals surface area contributed by atoms with Crippen molar-refractivity contribution >= 4 is 16.9 Å². The Morgan fingerprint density at radius 3 is 2.63 bits per heavy atom. The van der Waals surface area contributed by atoms with E-state index in [-0.39, 0.29) is 29.0 Å². The van der Waals surface area contributed by atoms with Crippen molar-refractivity contribution in [1.29, 1.82) is 0 Å². The van der Waals surface area contributed by atoms with Crippen LogP contribution in [0.5, 0.6) is 0 Å². The summed E-state index contributed by atoms with van der Waals surface area (Å²) in [6.07, 6.45) is -1.74. The van der Waals surface area contributed by atoms with E-state index in [1.807, 2.05) is 13.0 Å². The summed E-state index contributed by atoms with van der Waals surface area (Å²) in [4.78, 5) is 4.24. The first-order valence-corrected chi connectivity index (χ1v) is 8.97. The fraction of sp³-hybridized carbons (Fsp3) is 0.421. The summed E-state index contributed by atoms with van der Waals surface area (Å²) in [6, 6.07) is 4.98. The van der Waals surface area contributed by atoms with E-state index in [1.54, 1.807) is 13.0 Å². The molecule has 2 aromatic heterocycles. The van der Waals surface area contributed by atoms with Gasteiger partial charge in [-0.2, -0.15) is 13.2 Å². The van der Waals surface area contributed by atoms with Crippen LogP contribution in [0, 0.1) is 6.92 Å². The lowest BCUT2D eigenvalue weighted by Crippen LogP contribution is -2.08. The maximum Gasteiger partial charge on any atom is 0.418 e. The third-order valence-electron chi connectivity index (χ3n) is 4.67. The van der Waals surface area contributed by atoms with Gasteiger partial charge in [0.15, 0.2) is 0 Å². The molecule has 0 atom stereocenters. The highest BCUT2D eigenvalue weighted by molar-refractivity contribution is 5.88. The van der Waals surface area contributed by atoms with E-state index in [0.717, 1.165) is 24.8 Å². The largest absolute Gasteiger partial charge is 0.418 e. The minimum absolute atomic E-state index is 0.0804. The number of aromatic nitrogens is 3. The highest BCUT2D eigenvalue weighted by atomic mass is 19.4. The molecular weight excluding hydrogens is 357 g/mol. The van der Waals surface area contributed by atoms with E-state index in [4.69, 9.17) is 4.42 Å². The second-order valence-corrected chi connectivity index (χ2v) is 6.90. The molecule has 8 heteroatoms. The van der Waals surface area contributed by atoms with Gasteiger partial charge < -0.3 is 9.73 Å². The Morgan fingerprint density at radius 2 is 1.96 bits per heavy atom. The van der Waals surface area contributed by atoms with Gasteiger partial charge in [-0.1, -0.05) is 12.0 Å². The SMILES string of the molecule is CCCNc1nnc(-c2cc(C)c3cc(C4CC4)cc(C(F)(F)F)c3n2)o1. The molecule has 1 aliphatic rings. The second kappa shape index (κ2) is 6.51. The number of hydrogen-bond donors (Lipinski definition) is 1. The zero-order chi connectivity index (χ0) is 19.2. The summed E-state index contributed by atoms with van der Waals surface area (Å²) in [5, 5.41) is 11.2. The summed E-state index contributed by atoms with van der Waals surface area (Å²) < 4.78 is 46.6. The van der Waals surface area contributed by atoms with Crippen LogP contribution in [0.2, 0.25) is 0 Å². The molecule has 0 saturated heterocycles. The zero-order valence-electron chi connectivity index (χ0n) is 15.0. The Balaban J connectivity index is 1.84. The van der Waals surface area contributed by atoms with Gasteiger partial charge in [0, 0.05) is 11.9 Å². The van der Waals surface area contributed by atoms with Crippen molar-refractivity contribution in [3.05, 3.63) is 34.9 Å². The fourth-order valence-electron chi connectivity index (χ4n) is 3.12. The standard InChI is InChI=1S/C19H19F3N4O/c1-3-6-23-18-26-25-17(27-18)15-7-10(2)13-8-12(11-4-5-11)9-14(16(13)24-15)19(20,21)22/h7-9,11H,3-6H2,1-2H3,(H,23,26). The average Bonchev–Trinajstić information content (AvgIpc) is 3.36. The van der Waals surface area contributed by atoms with Gasteiger partial charge in [-0.15, -0.1) is 5.10 Å². The highest BCUT2D eigenvalue weighted by Gasteiger charge is 2.36. The van der Waals surface area contributed by atoms with E-state index >= 15 is 0 Å². The van der Waals surface area contributed by atoms with Crippen LogP contribution in [0.25, 0.3) is 22.5 Å². The number of rotatable bonds is 5. The van der Waals surface area contributed by atoms with E-state index in [2.05, 4.69) is 20.5 Å². The average molecular weight is 376 g/mol. The van der Waals surface area contributed by atoms with Gasteiger partial charge in [-0.05, 0) is 61.4 Å². The molecule has 1 saturated carbocycles. The number of benzene rings is 1. The Kier molecular flexibility index (Phi) is 4.28. The van der Waals surface area contributed by atoms with E-state index < -0.39 is 11.7 Å². The number of pyridine rings is 1. The Bertz CT molecular complexity index is 993. The van der Waals surface area contributed by atoms with Crippen LogP contribution in [0.1, 0.15) is 48.8 Å². The predicted molar refractivity (Wildman–Crippen MR) is 95.5 cm³/mol. The van der Waals surface area contributed by atoms with Crippen LogP contribution in [-0.4, -0.2) is 21.7 Å². The number of nitrogens with zero attached hydrogens (tertiary/aromatic N) is 3. The highest BCUT2D eigenvalue weighted by Crippen LogP contribution is 2.45. The summed E-state index contributed by atoms with van der Waals surface area (Å²) in [5.74, 6) is 0.315.